The van der Waals surface area contributed by atoms with Crippen LogP contribution in [0.4, 0.5) is 0 Å². The average molecular weight is 258 g/mol. The first-order valence-electron chi connectivity index (χ1n) is 7.46. The summed E-state index contributed by atoms with van der Waals surface area (Å²) in [5.74, 6) is 1.38. The molecule has 0 bridgehead atoms. The van der Waals surface area contributed by atoms with Gasteiger partial charge in [-0.2, -0.15) is 0 Å². The molecule has 0 spiro atoms. The van der Waals surface area contributed by atoms with Crippen molar-refractivity contribution < 1.29 is 0 Å². The molecule has 1 aliphatic rings. The third-order valence-corrected chi connectivity index (χ3v) is 4.72. The third kappa shape index (κ3) is 1.84. The summed E-state index contributed by atoms with van der Waals surface area (Å²) in [5.41, 5.74) is 3.03. The molecule has 4 rings (SSSR count). The lowest BCUT2D eigenvalue weighted by atomic mass is 9.66. The number of rotatable bonds is 2. The van der Waals surface area contributed by atoms with Gasteiger partial charge in [-0.1, -0.05) is 72.8 Å². The van der Waals surface area contributed by atoms with Crippen LogP contribution < -0.4 is 0 Å². The van der Waals surface area contributed by atoms with Crippen molar-refractivity contribution in [2.45, 2.75) is 24.7 Å². The van der Waals surface area contributed by atoms with E-state index in [9.17, 15) is 0 Å². The molecule has 0 amide bonds. The molecular weight excluding hydrogens is 240 g/mol. The minimum atomic E-state index is 0.684. The van der Waals surface area contributed by atoms with E-state index in [1.54, 1.807) is 0 Å². The maximum absolute atomic E-state index is 2.32. The predicted molar refractivity (Wildman–Crippen MR) is 85.1 cm³/mol. The molecule has 0 heterocycles. The van der Waals surface area contributed by atoms with Gasteiger partial charge in [-0.25, -0.2) is 0 Å². The Balaban J connectivity index is 1.77. The largest absolute Gasteiger partial charge is 0.0622 e. The molecule has 0 saturated heterocycles. The molecule has 1 fully saturated rings. The van der Waals surface area contributed by atoms with Gasteiger partial charge in [0, 0.05) is 0 Å². The van der Waals surface area contributed by atoms with E-state index >= 15 is 0 Å². The highest BCUT2D eigenvalue weighted by atomic mass is 14.4. The first-order valence-corrected chi connectivity index (χ1v) is 7.46. The van der Waals surface area contributed by atoms with Gasteiger partial charge in [0.15, 0.2) is 0 Å². The Morgan fingerprint density at radius 2 is 1.30 bits per heavy atom. The van der Waals surface area contributed by atoms with Gasteiger partial charge >= 0.3 is 0 Å². The van der Waals surface area contributed by atoms with E-state index < -0.39 is 0 Å². The maximum atomic E-state index is 2.32. The summed E-state index contributed by atoms with van der Waals surface area (Å²) in [6, 6.07) is 26.5. The normalized spacial score (nSPS) is 21.6. The fraction of sp³-hybridized carbons (Fsp3) is 0.200. The van der Waals surface area contributed by atoms with Gasteiger partial charge in [-0.3, -0.25) is 0 Å². The van der Waals surface area contributed by atoms with Crippen LogP contribution in [0.2, 0.25) is 0 Å². The zero-order valence-electron chi connectivity index (χ0n) is 11.5. The van der Waals surface area contributed by atoms with Gasteiger partial charge < -0.3 is 0 Å². The summed E-state index contributed by atoms with van der Waals surface area (Å²) in [4.78, 5) is 0. The zero-order chi connectivity index (χ0) is 13.4. The van der Waals surface area contributed by atoms with Crippen LogP contribution in [-0.2, 0) is 0 Å². The molecule has 1 saturated carbocycles. The molecule has 1 aliphatic carbocycles. The van der Waals surface area contributed by atoms with Crippen molar-refractivity contribution >= 4 is 10.8 Å². The summed E-state index contributed by atoms with van der Waals surface area (Å²) < 4.78 is 0. The lowest BCUT2D eigenvalue weighted by molar-refractivity contribution is 0.348. The number of benzene rings is 3. The van der Waals surface area contributed by atoms with E-state index in [1.165, 1.54) is 34.7 Å². The van der Waals surface area contributed by atoms with Crippen molar-refractivity contribution in [2.75, 3.05) is 0 Å². The SMILES string of the molecule is c1ccc(C2CC[C@H]2c2cccc3ccccc23)cc1. The Bertz CT molecular complexity index is 722. The second kappa shape index (κ2) is 4.79. The number of hydrogen-bond donors (Lipinski definition) is 0. The van der Waals surface area contributed by atoms with Crippen LogP contribution in [-0.4, -0.2) is 0 Å². The van der Waals surface area contributed by atoms with Crippen LogP contribution in [0.15, 0.2) is 72.8 Å². The smallest absolute Gasteiger partial charge is 0.00867 e. The summed E-state index contributed by atoms with van der Waals surface area (Å²) in [6.07, 6.45) is 2.63. The summed E-state index contributed by atoms with van der Waals surface area (Å²) in [5, 5.41) is 2.80. The summed E-state index contributed by atoms with van der Waals surface area (Å²) >= 11 is 0. The predicted octanol–water partition coefficient (Wildman–Crippen LogP) is 5.50. The Hall–Kier alpha value is -2.08. The van der Waals surface area contributed by atoms with Crippen LogP contribution in [0.5, 0.6) is 0 Å². The van der Waals surface area contributed by atoms with E-state index in [4.69, 9.17) is 0 Å². The second-order valence-electron chi connectivity index (χ2n) is 5.77. The van der Waals surface area contributed by atoms with E-state index in [0.29, 0.717) is 11.8 Å². The molecular formula is C20H18. The molecule has 2 atom stereocenters. The molecule has 3 aromatic rings. The molecule has 0 aliphatic heterocycles. The molecule has 0 nitrogen and oxygen atoms in total. The number of hydrogen-bond acceptors (Lipinski definition) is 0. The molecule has 20 heavy (non-hydrogen) atoms. The monoisotopic (exact) mass is 258 g/mol. The highest BCUT2D eigenvalue weighted by molar-refractivity contribution is 5.86. The molecule has 0 aromatic heterocycles. The van der Waals surface area contributed by atoms with Crippen molar-refractivity contribution in [3.05, 3.63) is 83.9 Å². The Morgan fingerprint density at radius 3 is 2.10 bits per heavy atom. The molecule has 0 heteroatoms. The minimum absolute atomic E-state index is 0.684. The van der Waals surface area contributed by atoms with Crippen molar-refractivity contribution in [3.63, 3.8) is 0 Å². The van der Waals surface area contributed by atoms with E-state index in [-0.39, 0.29) is 0 Å². The van der Waals surface area contributed by atoms with Crippen molar-refractivity contribution in [1.29, 1.82) is 0 Å². The summed E-state index contributed by atoms with van der Waals surface area (Å²) in [6.45, 7) is 0. The van der Waals surface area contributed by atoms with Crippen LogP contribution in [0.1, 0.15) is 35.8 Å². The standard InChI is InChI=1S/C20H18/c1-2-7-15(8-3-1)18-13-14-20(18)19-12-6-10-16-9-4-5-11-17(16)19/h1-12,18,20H,13-14H2/t18?,20-/m1/s1. The Labute approximate surface area is 120 Å². The van der Waals surface area contributed by atoms with Gasteiger partial charge in [0.2, 0.25) is 0 Å². The topological polar surface area (TPSA) is 0 Å². The Morgan fingerprint density at radius 1 is 0.600 bits per heavy atom. The first kappa shape index (κ1) is 11.7. The van der Waals surface area contributed by atoms with Crippen molar-refractivity contribution in [3.8, 4) is 0 Å². The van der Waals surface area contributed by atoms with Gasteiger partial charge in [-0.05, 0) is 46.6 Å². The molecule has 0 radical (unpaired) electrons. The minimum Gasteiger partial charge on any atom is -0.0622 e. The van der Waals surface area contributed by atoms with Crippen LogP contribution in [0.3, 0.4) is 0 Å². The van der Waals surface area contributed by atoms with Crippen molar-refractivity contribution in [2.24, 2.45) is 0 Å². The van der Waals surface area contributed by atoms with Crippen molar-refractivity contribution in [1.82, 2.24) is 0 Å². The third-order valence-electron chi connectivity index (χ3n) is 4.72. The van der Waals surface area contributed by atoms with Gasteiger partial charge in [0.05, 0.1) is 0 Å². The first-order chi connectivity index (χ1) is 9.93. The summed E-state index contributed by atoms with van der Waals surface area (Å²) in [7, 11) is 0. The highest BCUT2D eigenvalue weighted by Gasteiger charge is 2.33. The van der Waals surface area contributed by atoms with Crippen LogP contribution in [0.25, 0.3) is 10.8 Å². The second-order valence-corrected chi connectivity index (χ2v) is 5.77. The maximum Gasteiger partial charge on any atom is -0.00867 e. The van der Waals surface area contributed by atoms with E-state index in [0.717, 1.165) is 0 Å². The van der Waals surface area contributed by atoms with E-state index in [2.05, 4.69) is 72.8 Å². The number of fused-ring (bicyclic) bond motifs is 1. The van der Waals surface area contributed by atoms with Crippen LogP contribution >= 0.6 is 0 Å². The molecule has 3 aromatic carbocycles. The fourth-order valence-corrected chi connectivity index (χ4v) is 3.55. The lowest BCUT2D eigenvalue weighted by Gasteiger charge is -2.38. The van der Waals surface area contributed by atoms with Gasteiger partial charge in [0.25, 0.3) is 0 Å². The van der Waals surface area contributed by atoms with Gasteiger partial charge in [-0.15, -0.1) is 0 Å². The Kier molecular flexibility index (Phi) is 2.81. The highest BCUT2D eigenvalue weighted by Crippen LogP contribution is 2.50. The molecule has 1 unspecified atom stereocenters. The molecule has 0 N–H and O–H groups in total. The van der Waals surface area contributed by atoms with Gasteiger partial charge in [0.1, 0.15) is 0 Å². The van der Waals surface area contributed by atoms with E-state index in [1.807, 2.05) is 0 Å². The zero-order valence-corrected chi connectivity index (χ0v) is 11.5. The average Bonchev–Trinajstić information content (AvgIpc) is 2.48. The quantitative estimate of drug-likeness (QED) is 0.569. The van der Waals surface area contributed by atoms with Crippen LogP contribution in [0, 0.1) is 0 Å². The lowest BCUT2D eigenvalue weighted by Crippen LogP contribution is -2.22. The molecule has 98 valence electrons. The fourth-order valence-electron chi connectivity index (χ4n) is 3.55.